The number of hydrogen-bond acceptors (Lipinski definition) is 2. The molecule has 0 bridgehead atoms. The third-order valence-corrected chi connectivity index (χ3v) is 4.37. The summed E-state index contributed by atoms with van der Waals surface area (Å²) in [6.07, 6.45) is 4.18. The van der Waals surface area contributed by atoms with Crippen LogP contribution in [0.4, 0.5) is 0 Å². The maximum Gasteiger partial charge on any atom is 0.306 e. The summed E-state index contributed by atoms with van der Waals surface area (Å²) in [6.45, 7) is 2.73. The fourth-order valence-electron chi connectivity index (χ4n) is 2.84. The molecule has 1 saturated carbocycles. The normalized spacial score (nSPS) is 21.8. The third-order valence-electron chi connectivity index (χ3n) is 4.37. The fraction of sp³-hybridized carbons (Fsp3) is 0.529. The number of aliphatic carboxylic acids is 1. The largest absolute Gasteiger partial charge is 0.481 e. The summed E-state index contributed by atoms with van der Waals surface area (Å²) in [5.74, 6) is -0.524. The van der Waals surface area contributed by atoms with Crippen molar-refractivity contribution in [3.05, 3.63) is 35.4 Å². The first kappa shape index (κ1) is 15.5. The number of aryl methyl sites for hydroxylation is 1. The van der Waals surface area contributed by atoms with Crippen molar-refractivity contribution >= 4 is 11.9 Å². The molecule has 2 N–H and O–H groups in total. The number of hydrogen-bond donors (Lipinski definition) is 2. The van der Waals surface area contributed by atoms with Gasteiger partial charge in [0.05, 0.1) is 5.92 Å². The molecule has 0 atom stereocenters. The standard InChI is InChI=1S/C17H23NO3/c1-2-12-3-7-14(8-4-12)16(19)18-11-13-5-9-15(10-6-13)17(20)21/h3-4,7-8,13,15H,2,5-6,9-11H2,1H3,(H,18,19)(H,20,21). The van der Waals surface area contributed by atoms with Gasteiger partial charge in [0.25, 0.3) is 5.91 Å². The number of carboxylic acids is 1. The molecule has 1 aliphatic carbocycles. The second kappa shape index (κ2) is 7.25. The van der Waals surface area contributed by atoms with E-state index in [4.69, 9.17) is 5.11 Å². The molecular formula is C17H23NO3. The van der Waals surface area contributed by atoms with E-state index in [9.17, 15) is 9.59 Å². The lowest BCUT2D eigenvalue weighted by atomic mass is 9.82. The highest BCUT2D eigenvalue weighted by Gasteiger charge is 2.25. The lowest BCUT2D eigenvalue weighted by molar-refractivity contribution is -0.143. The zero-order valence-corrected chi connectivity index (χ0v) is 12.5. The Morgan fingerprint density at radius 2 is 1.76 bits per heavy atom. The van der Waals surface area contributed by atoms with Crippen LogP contribution in [0.2, 0.25) is 0 Å². The first-order chi connectivity index (χ1) is 10.1. The van der Waals surface area contributed by atoms with E-state index in [2.05, 4.69) is 12.2 Å². The van der Waals surface area contributed by atoms with Gasteiger partial charge in [-0.1, -0.05) is 19.1 Å². The topological polar surface area (TPSA) is 66.4 Å². The molecule has 0 heterocycles. The minimum atomic E-state index is -0.687. The fourth-order valence-corrected chi connectivity index (χ4v) is 2.84. The molecule has 0 spiro atoms. The van der Waals surface area contributed by atoms with E-state index in [0.717, 1.165) is 32.1 Å². The quantitative estimate of drug-likeness (QED) is 0.876. The average molecular weight is 289 g/mol. The van der Waals surface area contributed by atoms with Gasteiger partial charge in [-0.2, -0.15) is 0 Å². The van der Waals surface area contributed by atoms with Crippen LogP contribution in [0.1, 0.15) is 48.5 Å². The van der Waals surface area contributed by atoms with Crippen molar-refractivity contribution in [3.8, 4) is 0 Å². The van der Waals surface area contributed by atoms with Gasteiger partial charge in [-0.3, -0.25) is 9.59 Å². The van der Waals surface area contributed by atoms with Crippen LogP contribution < -0.4 is 5.32 Å². The van der Waals surface area contributed by atoms with Gasteiger partial charge in [-0.05, 0) is 55.7 Å². The summed E-state index contributed by atoms with van der Waals surface area (Å²) in [4.78, 5) is 22.9. The molecule has 0 aliphatic heterocycles. The SMILES string of the molecule is CCc1ccc(C(=O)NCC2CCC(C(=O)O)CC2)cc1. The Morgan fingerprint density at radius 1 is 1.14 bits per heavy atom. The van der Waals surface area contributed by atoms with Crippen LogP contribution in [-0.2, 0) is 11.2 Å². The molecule has 0 unspecified atom stereocenters. The second-order valence-corrected chi connectivity index (χ2v) is 5.82. The van der Waals surface area contributed by atoms with Crippen molar-refractivity contribution in [2.45, 2.75) is 39.0 Å². The highest BCUT2D eigenvalue weighted by atomic mass is 16.4. The number of carboxylic acid groups (broad SMARTS) is 1. The average Bonchev–Trinajstić information content (AvgIpc) is 2.53. The van der Waals surface area contributed by atoms with Crippen molar-refractivity contribution in [3.63, 3.8) is 0 Å². The predicted octanol–water partition coefficient (Wildman–Crippen LogP) is 2.87. The van der Waals surface area contributed by atoms with E-state index in [1.807, 2.05) is 24.3 Å². The summed E-state index contributed by atoms with van der Waals surface area (Å²) in [6, 6.07) is 7.67. The molecule has 1 fully saturated rings. The maximum absolute atomic E-state index is 12.1. The molecule has 0 saturated heterocycles. The Bertz CT molecular complexity index is 487. The van der Waals surface area contributed by atoms with Crippen LogP contribution in [0.3, 0.4) is 0 Å². The monoisotopic (exact) mass is 289 g/mol. The molecule has 0 radical (unpaired) electrons. The molecule has 21 heavy (non-hydrogen) atoms. The maximum atomic E-state index is 12.1. The van der Waals surface area contributed by atoms with Gasteiger partial charge in [-0.25, -0.2) is 0 Å². The predicted molar refractivity (Wildman–Crippen MR) is 81.2 cm³/mol. The molecule has 0 aromatic heterocycles. The van der Waals surface area contributed by atoms with Crippen molar-refractivity contribution < 1.29 is 14.7 Å². The zero-order valence-electron chi connectivity index (χ0n) is 12.5. The first-order valence-corrected chi connectivity index (χ1v) is 7.70. The number of amides is 1. The molecule has 1 aromatic rings. The van der Waals surface area contributed by atoms with Gasteiger partial charge in [0, 0.05) is 12.1 Å². The number of benzene rings is 1. The molecule has 2 rings (SSSR count). The van der Waals surface area contributed by atoms with Gasteiger partial charge in [-0.15, -0.1) is 0 Å². The minimum absolute atomic E-state index is 0.0435. The Morgan fingerprint density at radius 3 is 2.29 bits per heavy atom. The van der Waals surface area contributed by atoms with Gasteiger partial charge < -0.3 is 10.4 Å². The Hall–Kier alpha value is -1.84. The van der Waals surface area contributed by atoms with Crippen molar-refractivity contribution in [1.29, 1.82) is 0 Å². The molecular weight excluding hydrogens is 266 g/mol. The highest BCUT2D eigenvalue weighted by molar-refractivity contribution is 5.94. The molecule has 4 nitrogen and oxygen atoms in total. The van der Waals surface area contributed by atoms with Crippen molar-refractivity contribution in [1.82, 2.24) is 5.32 Å². The molecule has 1 aromatic carbocycles. The van der Waals surface area contributed by atoms with Crippen LogP contribution in [0.25, 0.3) is 0 Å². The smallest absolute Gasteiger partial charge is 0.306 e. The number of carbonyl (C=O) groups is 2. The lowest BCUT2D eigenvalue weighted by Gasteiger charge is -2.26. The Kier molecular flexibility index (Phi) is 5.37. The summed E-state index contributed by atoms with van der Waals surface area (Å²) < 4.78 is 0. The van der Waals surface area contributed by atoms with Gasteiger partial charge in [0.15, 0.2) is 0 Å². The minimum Gasteiger partial charge on any atom is -0.481 e. The Labute approximate surface area is 125 Å². The zero-order chi connectivity index (χ0) is 15.2. The Balaban J connectivity index is 1.77. The van der Waals surface area contributed by atoms with Crippen LogP contribution in [0.15, 0.2) is 24.3 Å². The van der Waals surface area contributed by atoms with Gasteiger partial charge >= 0.3 is 5.97 Å². The summed E-state index contributed by atoms with van der Waals surface area (Å²) >= 11 is 0. The second-order valence-electron chi connectivity index (χ2n) is 5.82. The number of rotatable bonds is 5. The van der Waals surface area contributed by atoms with Crippen LogP contribution in [0.5, 0.6) is 0 Å². The van der Waals surface area contributed by atoms with E-state index >= 15 is 0 Å². The van der Waals surface area contributed by atoms with Crippen molar-refractivity contribution in [2.75, 3.05) is 6.54 Å². The summed E-state index contributed by atoms with van der Waals surface area (Å²) in [7, 11) is 0. The first-order valence-electron chi connectivity index (χ1n) is 7.70. The van der Waals surface area contributed by atoms with Crippen LogP contribution >= 0.6 is 0 Å². The summed E-state index contributed by atoms with van der Waals surface area (Å²) in [5, 5.41) is 11.9. The number of carbonyl (C=O) groups excluding carboxylic acids is 1. The third kappa shape index (κ3) is 4.31. The van der Waals surface area contributed by atoms with Gasteiger partial charge in [0.2, 0.25) is 0 Å². The van der Waals surface area contributed by atoms with Gasteiger partial charge in [0.1, 0.15) is 0 Å². The van der Waals surface area contributed by atoms with Crippen molar-refractivity contribution in [2.24, 2.45) is 11.8 Å². The lowest BCUT2D eigenvalue weighted by Crippen LogP contribution is -2.32. The van der Waals surface area contributed by atoms with E-state index in [0.29, 0.717) is 18.0 Å². The molecule has 4 heteroatoms. The molecule has 1 aliphatic rings. The van der Waals surface area contributed by atoms with E-state index < -0.39 is 5.97 Å². The van der Waals surface area contributed by atoms with Crippen LogP contribution in [-0.4, -0.2) is 23.5 Å². The van der Waals surface area contributed by atoms with E-state index in [1.165, 1.54) is 5.56 Å². The number of nitrogens with one attached hydrogen (secondary N) is 1. The molecule has 1 amide bonds. The van der Waals surface area contributed by atoms with E-state index in [-0.39, 0.29) is 11.8 Å². The van der Waals surface area contributed by atoms with Crippen LogP contribution in [0, 0.1) is 11.8 Å². The van der Waals surface area contributed by atoms with E-state index in [1.54, 1.807) is 0 Å². The summed E-state index contributed by atoms with van der Waals surface area (Å²) in [5.41, 5.74) is 1.91. The highest BCUT2D eigenvalue weighted by Crippen LogP contribution is 2.28. The molecule has 114 valence electrons.